The zero-order valence-corrected chi connectivity index (χ0v) is 6.50. The van der Waals surface area contributed by atoms with Gasteiger partial charge in [0.25, 0.3) is 0 Å². The Bertz CT molecular complexity index is 132. The first-order chi connectivity index (χ1) is 4.81. The van der Waals surface area contributed by atoms with E-state index in [-0.39, 0.29) is 0 Å². The minimum absolute atomic E-state index is 0.566. The Morgan fingerprint density at radius 1 is 1.60 bits per heavy atom. The molecule has 10 heavy (non-hydrogen) atoms. The Morgan fingerprint density at radius 2 is 2.30 bits per heavy atom. The molecule has 0 unspecified atom stereocenters. The largest absolute Gasteiger partial charge is 0.399 e. The van der Waals surface area contributed by atoms with Gasteiger partial charge in [0.05, 0.1) is 11.9 Å². The second-order valence-electron chi connectivity index (χ2n) is 1.57. The Morgan fingerprint density at radius 3 is 2.80 bits per heavy atom. The summed E-state index contributed by atoms with van der Waals surface area (Å²) in [5.41, 5.74) is 0.677. The van der Waals surface area contributed by atoms with Gasteiger partial charge in [0.1, 0.15) is 13.7 Å². The van der Waals surface area contributed by atoms with Gasteiger partial charge in [-0.2, -0.15) is 0 Å². The molecule has 0 N–H and O–H groups in total. The van der Waals surface area contributed by atoms with E-state index in [0.29, 0.717) is 12.3 Å². The predicted octanol–water partition coefficient (Wildman–Crippen LogP) is 1.03. The molecular weight excluding hydrogens is 132 g/mol. The molecular formula is C6H12N2O2. The van der Waals surface area contributed by atoms with E-state index in [4.69, 9.17) is 0 Å². The molecule has 0 fully saturated rings. The smallest absolute Gasteiger partial charge is 0.114 e. The van der Waals surface area contributed by atoms with E-state index in [2.05, 4.69) is 20.0 Å². The van der Waals surface area contributed by atoms with Crippen LogP contribution in [0, 0.1) is 0 Å². The van der Waals surface area contributed by atoms with Crippen molar-refractivity contribution in [3.8, 4) is 0 Å². The molecule has 4 nitrogen and oxygen atoms in total. The fourth-order valence-corrected chi connectivity index (χ4v) is 0.356. The normalized spacial score (nSPS) is 12.1. The Kier molecular flexibility index (Phi) is 5.42. The van der Waals surface area contributed by atoms with Crippen molar-refractivity contribution in [1.82, 2.24) is 0 Å². The van der Waals surface area contributed by atoms with Crippen LogP contribution in [-0.4, -0.2) is 25.6 Å². The van der Waals surface area contributed by atoms with Crippen molar-refractivity contribution < 1.29 is 9.68 Å². The standard InChI is InChI=1S/C6H12N2O2/c1-4-10-7-5-6(2)8-9-3/h5H,4H2,1-3H3. The molecule has 0 atom stereocenters. The third-order valence-electron chi connectivity index (χ3n) is 0.678. The van der Waals surface area contributed by atoms with Gasteiger partial charge < -0.3 is 9.68 Å². The number of nitrogens with zero attached hydrogens (tertiary/aromatic N) is 2. The summed E-state index contributed by atoms with van der Waals surface area (Å²) in [6.45, 7) is 4.20. The molecule has 0 saturated heterocycles. The molecule has 0 aromatic heterocycles. The van der Waals surface area contributed by atoms with Crippen LogP contribution >= 0.6 is 0 Å². The lowest BCUT2D eigenvalue weighted by Gasteiger charge is -1.90. The van der Waals surface area contributed by atoms with E-state index in [1.54, 1.807) is 6.92 Å². The maximum atomic E-state index is 4.68. The molecule has 58 valence electrons. The zero-order valence-electron chi connectivity index (χ0n) is 6.50. The molecule has 0 aromatic rings. The highest BCUT2D eigenvalue weighted by molar-refractivity contribution is 6.29. The minimum atomic E-state index is 0.566. The molecule has 0 aliphatic carbocycles. The molecule has 0 aliphatic rings. The quantitative estimate of drug-likeness (QED) is 0.437. The van der Waals surface area contributed by atoms with E-state index < -0.39 is 0 Å². The molecule has 0 saturated carbocycles. The lowest BCUT2D eigenvalue weighted by Crippen LogP contribution is -1.94. The van der Waals surface area contributed by atoms with E-state index in [0.717, 1.165) is 0 Å². The van der Waals surface area contributed by atoms with E-state index in [1.807, 2.05) is 6.92 Å². The summed E-state index contributed by atoms with van der Waals surface area (Å²) in [6.07, 6.45) is 1.49. The van der Waals surface area contributed by atoms with Gasteiger partial charge in [0.15, 0.2) is 0 Å². The monoisotopic (exact) mass is 144 g/mol. The van der Waals surface area contributed by atoms with E-state index in [1.165, 1.54) is 13.3 Å². The summed E-state index contributed by atoms with van der Waals surface area (Å²) in [4.78, 5) is 9.16. The van der Waals surface area contributed by atoms with Gasteiger partial charge in [-0.15, -0.1) is 0 Å². The summed E-state index contributed by atoms with van der Waals surface area (Å²) in [5, 5.41) is 7.16. The molecule has 0 radical (unpaired) electrons. The molecule has 0 heterocycles. The fraction of sp³-hybridized carbons (Fsp3) is 0.667. The summed E-state index contributed by atoms with van der Waals surface area (Å²) in [5.74, 6) is 0. The average molecular weight is 144 g/mol. The highest BCUT2D eigenvalue weighted by Crippen LogP contribution is 1.76. The van der Waals surface area contributed by atoms with E-state index in [9.17, 15) is 0 Å². The van der Waals surface area contributed by atoms with Crippen molar-refractivity contribution >= 4 is 11.9 Å². The van der Waals surface area contributed by atoms with Gasteiger partial charge in [-0.1, -0.05) is 10.3 Å². The fourth-order valence-electron chi connectivity index (χ4n) is 0.356. The van der Waals surface area contributed by atoms with Gasteiger partial charge in [0, 0.05) is 0 Å². The van der Waals surface area contributed by atoms with Gasteiger partial charge in [0.2, 0.25) is 0 Å². The Balaban J connectivity index is 3.55. The Hall–Kier alpha value is -1.06. The van der Waals surface area contributed by atoms with Crippen LogP contribution < -0.4 is 0 Å². The molecule has 4 heteroatoms. The highest BCUT2D eigenvalue weighted by atomic mass is 16.6. The maximum absolute atomic E-state index is 4.68. The van der Waals surface area contributed by atoms with Crippen molar-refractivity contribution in [3.05, 3.63) is 0 Å². The third-order valence-corrected chi connectivity index (χ3v) is 0.678. The maximum Gasteiger partial charge on any atom is 0.114 e. The van der Waals surface area contributed by atoms with Crippen LogP contribution in [0.5, 0.6) is 0 Å². The van der Waals surface area contributed by atoms with Crippen molar-refractivity contribution in [3.63, 3.8) is 0 Å². The van der Waals surface area contributed by atoms with Crippen LogP contribution in [0.1, 0.15) is 13.8 Å². The van der Waals surface area contributed by atoms with Gasteiger partial charge >= 0.3 is 0 Å². The number of rotatable bonds is 4. The first kappa shape index (κ1) is 8.94. The zero-order chi connectivity index (χ0) is 7.82. The molecule has 0 bridgehead atoms. The first-order valence-electron chi connectivity index (χ1n) is 3.04. The van der Waals surface area contributed by atoms with Crippen LogP contribution in [0.2, 0.25) is 0 Å². The van der Waals surface area contributed by atoms with Gasteiger partial charge in [-0.3, -0.25) is 0 Å². The first-order valence-corrected chi connectivity index (χ1v) is 3.04. The van der Waals surface area contributed by atoms with Crippen molar-refractivity contribution in [2.45, 2.75) is 13.8 Å². The molecule has 0 aromatic carbocycles. The highest BCUT2D eigenvalue weighted by Gasteiger charge is 1.82. The van der Waals surface area contributed by atoms with Crippen molar-refractivity contribution in [2.75, 3.05) is 13.7 Å². The second-order valence-corrected chi connectivity index (χ2v) is 1.57. The third kappa shape index (κ3) is 5.08. The second kappa shape index (κ2) is 6.07. The van der Waals surface area contributed by atoms with Gasteiger partial charge in [-0.25, -0.2) is 0 Å². The number of hydrogen-bond acceptors (Lipinski definition) is 4. The van der Waals surface area contributed by atoms with Crippen LogP contribution in [-0.2, 0) is 9.68 Å². The summed E-state index contributed by atoms with van der Waals surface area (Å²) >= 11 is 0. The topological polar surface area (TPSA) is 43.2 Å². The number of hydrogen-bond donors (Lipinski definition) is 0. The van der Waals surface area contributed by atoms with Crippen LogP contribution in [0.25, 0.3) is 0 Å². The van der Waals surface area contributed by atoms with Crippen molar-refractivity contribution in [1.29, 1.82) is 0 Å². The average Bonchev–Trinajstić information content (AvgIpc) is 1.89. The minimum Gasteiger partial charge on any atom is -0.399 e. The molecule has 0 spiro atoms. The van der Waals surface area contributed by atoms with Crippen molar-refractivity contribution in [2.24, 2.45) is 10.3 Å². The van der Waals surface area contributed by atoms with Crippen LogP contribution in [0.3, 0.4) is 0 Å². The van der Waals surface area contributed by atoms with Gasteiger partial charge in [-0.05, 0) is 13.8 Å². The summed E-state index contributed by atoms with van der Waals surface area (Å²) in [6, 6.07) is 0. The molecule has 0 aliphatic heterocycles. The SMILES string of the molecule is CCON=CC(C)=NOC. The number of oxime groups is 2. The molecule has 0 rings (SSSR count). The summed E-state index contributed by atoms with van der Waals surface area (Å²) in [7, 11) is 1.48. The predicted molar refractivity (Wildman–Crippen MR) is 40.2 cm³/mol. The van der Waals surface area contributed by atoms with Crippen LogP contribution in [0.15, 0.2) is 10.3 Å². The Labute approximate surface area is 60.5 Å². The lowest BCUT2D eigenvalue weighted by molar-refractivity contribution is 0.160. The molecule has 0 amide bonds. The lowest BCUT2D eigenvalue weighted by atomic mass is 10.5. The van der Waals surface area contributed by atoms with Crippen LogP contribution in [0.4, 0.5) is 0 Å². The van der Waals surface area contributed by atoms with E-state index >= 15 is 0 Å². The summed E-state index contributed by atoms with van der Waals surface area (Å²) < 4.78 is 0.